The van der Waals surface area contributed by atoms with Gasteiger partial charge in [-0.05, 0) is 54.6 Å². The summed E-state index contributed by atoms with van der Waals surface area (Å²) in [6.45, 7) is 19.6. The van der Waals surface area contributed by atoms with Gasteiger partial charge in [0.05, 0.1) is 0 Å². The Morgan fingerprint density at radius 3 is 1.64 bits per heavy atom. The van der Waals surface area contributed by atoms with E-state index in [0.29, 0.717) is 11.8 Å². The molecule has 0 aliphatic heterocycles. The van der Waals surface area contributed by atoms with Gasteiger partial charge in [-0.15, -0.1) is 0 Å². The van der Waals surface area contributed by atoms with Gasteiger partial charge in [0.1, 0.15) is 0 Å². The predicted molar refractivity (Wildman–Crippen MR) is 94.0 cm³/mol. The fourth-order valence-electron chi connectivity index (χ4n) is 2.40. The van der Waals surface area contributed by atoms with Crippen LogP contribution in [0.25, 0.3) is 0 Å². The zero-order valence-corrected chi connectivity index (χ0v) is 15.3. The molecule has 0 saturated carbocycles. The lowest BCUT2D eigenvalue weighted by Gasteiger charge is -2.23. The van der Waals surface area contributed by atoms with Gasteiger partial charge < -0.3 is 0 Å². The maximum absolute atomic E-state index is 13.9. The van der Waals surface area contributed by atoms with Crippen LogP contribution >= 0.6 is 0 Å². The van der Waals surface area contributed by atoms with E-state index in [-0.39, 0.29) is 17.1 Å². The summed E-state index contributed by atoms with van der Waals surface area (Å²) < 4.78 is 27.5. The number of allylic oxidation sites excluding steroid dienone is 4. The molecule has 0 amide bonds. The smallest absolute Gasteiger partial charge is 0.161 e. The molecule has 0 fully saturated rings. The number of hydrogen-bond donors (Lipinski definition) is 0. The molecule has 0 aromatic heterocycles. The van der Waals surface area contributed by atoms with Crippen LogP contribution in [0, 0.1) is 23.7 Å². The summed E-state index contributed by atoms with van der Waals surface area (Å²) in [5.74, 6) is 0.237. The third-order valence-electron chi connectivity index (χ3n) is 4.67. The molecule has 0 bridgehead atoms. The van der Waals surface area contributed by atoms with Gasteiger partial charge in [0.2, 0.25) is 0 Å². The van der Waals surface area contributed by atoms with E-state index in [1.807, 2.05) is 6.92 Å². The van der Waals surface area contributed by atoms with Crippen LogP contribution in [-0.4, -0.2) is 0 Å². The molecule has 0 aromatic rings. The van der Waals surface area contributed by atoms with E-state index >= 15 is 0 Å². The largest absolute Gasteiger partial charge is 0.203 e. The average Bonchev–Trinajstić information content (AvgIpc) is 2.46. The first-order valence-electron chi connectivity index (χ1n) is 8.48. The number of hydrogen-bond acceptors (Lipinski definition) is 0. The van der Waals surface area contributed by atoms with E-state index in [4.69, 9.17) is 0 Å². The van der Waals surface area contributed by atoms with Gasteiger partial charge in [0, 0.05) is 0 Å². The molecule has 0 saturated heterocycles. The summed E-state index contributed by atoms with van der Waals surface area (Å²) in [5.41, 5.74) is 0.365. The Kier molecular flexibility index (Phi) is 9.55. The third-order valence-corrected chi connectivity index (χ3v) is 4.67. The van der Waals surface area contributed by atoms with Crippen LogP contribution in [0.15, 0.2) is 36.0 Å². The quantitative estimate of drug-likeness (QED) is 0.369. The van der Waals surface area contributed by atoms with E-state index < -0.39 is 11.7 Å². The molecule has 0 aliphatic rings. The number of halogens is 2. The lowest BCUT2D eigenvalue weighted by atomic mass is 9.83. The van der Waals surface area contributed by atoms with Crippen molar-refractivity contribution in [2.75, 3.05) is 0 Å². The third kappa shape index (κ3) is 7.38. The normalized spacial score (nSPS) is 17.0. The highest BCUT2D eigenvalue weighted by atomic mass is 19.2. The van der Waals surface area contributed by atoms with Crippen LogP contribution < -0.4 is 0 Å². The Morgan fingerprint density at radius 1 is 0.773 bits per heavy atom. The molecule has 128 valence electrons. The minimum absolute atomic E-state index is 0.0511. The second-order valence-corrected chi connectivity index (χ2v) is 7.34. The first-order chi connectivity index (χ1) is 10.1. The summed E-state index contributed by atoms with van der Waals surface area (Å²) in [6, 6.07) is 0. The lowest BCUT2D eigenvalue weighted by molar-refractivity contribution is 0.305. The zero-order chi connectivity index (χ0) is 17.4. The monoisotopic (exact) mass is 312 g/mol. The molecule has 0 aliphatic carbocycles. The van der Waals surface area contributed by atoms with Gasteiger partial charge in [-0.25, -0.2) is 8.78 Å². The van der Waals surface area contributed by atoms with E-state index in [1.165, 1.54) is 19.8 Å². The molecule has 0 spiro atoms. The molecule has 0 nitrogen and oxygen atoms in total. The summed E-state index contributed by atoms with van der Waals surface area (Å²) in [6.07, 6.45) is 4.33. The van der Waals surface area contributed by atoms with Crippen LogP contribution in [0.2, 0.25) is 0 Å². The fourth-order valence-corrected chi connectivity index (χ4v) is 2.40. The Morgan fingerprint density at radius 2 is 1.23 bits per heavy atom. The SMILES string of the molecule is C=C(C)/C(F)=C(/F)C(=C)C(C)CCC(C)C(C)CCC(C)C. The van der Waals surface area contributed by atoms with Crippen molar-refractivity contribution in [3.63, 3.8) is 0 Å². The van der Waals surface area contributed by atoms with Gasteiger partial charge in [-0.1, -0.05) is 60.6 Å². The second-order valence-electron chi connectivity index (χ2n) is 7.34. The fraction of sp³-hybridized carbons (Fsp3) is 0.700. The summed E-state index contributed by atoms with van der Waals surface area (Å²) in [4.78, 5) is 0. The van der Waals surface area contributed by atoms with Gasteiger partial charge in [0.15, 0.2) is 11.7 Å². The average molecular weight is 312 g/mol. The molecular weight excluding hydrogens is 278 g/mol. The van der Waals surface area contributed by atoms with Crippen LogP contribution in [0.3, 0.4) is 0 Å². The Bertz CT molecular complexity index is 404. The lowest BCUT2D eigenvalue weighted by Crippen LogP contribution is -2.11. The standard InChI is InChI=1S/C20H34F2/c1-13(2)9-10-15(5)16(6)11-12-17(7)18(8)20(22)19(21)14(3)4/h13,15-17H,3,8-12H2,1-2,4-7H3/b20-19-. The zero-order valence-electron chi connectivity index (χ0n) is 15.3. The minimum atomic E-state index is -0.866. The summed E-state index contributed by atoms with van der Waals surface area (Å²) in [7, 11) is 0. The van der Waals surface area contributed by atoms with Crippen LogP contribution in [-0.2, 0) is 0 Å². The van der Waals surface area contributed by atoms with Crippen molar-refractivity contribution < 1.29 is 8.78 Å². The molecule has 0 N–H and O–H groups in total. The predicted octanol–water partition coefficient (Wildman–Crippen LogP) is 7.39. The van der Waals surface area contributed by atoms with E-state index in [2.05, 4.69) is 40.9 Å². The van der Waals surface area contributed by atoms with Gasteiger partial charge in [0.25, 0.3) is 0 Å². The van der Waals surface area contributed by atoms with Gasteiger partial charge in [-0.2, -0.15) is 0 Å². The summed E-state index contributed by atoms with van der Waals surface area (Å²) >= 11 is 0. The minimum Gasteiger partial charge on any atom is -0.203 e. The molecular formula is C20H34F2. The molecule has 0 radical (unpaired) electrons. The molecule has 0 aromatic carbocycles. The van der Waals surface area contributed by atoms with E-state index in [1.54, 1.807) is 0 Å². The van der Waals surface area contributed by atoms with Crippen LogP contribution in [0.4, 0.5) is 8.78 Å². The first-order valence-corrected chi connectivity index (χ1v) is 8.48. The highest BCUT2D eigenvalue weighted by Gasteiger charge is 2.19. The maximum Gasteiger partial charge on any atom is 0.161 e. The Hall–Kier alpha value is -0.920. The maximum atomic E-state index is 13.9. The van der Waals surface area contributed by atoms with Crippen molar-refractivity contribution >= 4 is 0 Å². The molecule has 3 atom stereocenters. The van der Waals surface area contributed by atoms with Crippen molar-refractivity contribution in [2.45, 2.75) is 67.2 Å². The van der Waals surface area contributed by atoms with Crippen molar-refractivity contribution in [1.82, 2.24) is 0 Å². The Balaban J connectivity index is 4.44. The highest BCUT2D eigenvalue weighted by Crippen LogP contribution is 2.31. The van der Waals surface area contributed by atoms with Crippen molar-refractivity contribution in [2.24, 2.45) is 23.7 Å². The molecule has 2 heteroatoms. The number of rotatable bonds is 10. The van der Waals surface area contributed by atoms with Crippen molar-refractivity contribution in [1.29, 1.82) is 0 Å². The van der Waals surface area contributed by atoms with Crippen molar-refractivity contribution in [3.05, 3.63) is 36.0 Å². The van der Waals surface area contributed by atoms with Crippen molar-refractivity contribution in [3.8, 4) is 0 Å². The molecule has 0 rings (SSSR count). The molecule has 22 heavy (non-hydrogen) atoms. The van der Waals surface area contributed by atoms with Crippen LogP contribution in [0.1, 0.15) is 67.2 Å². The van der Waals surface area contributed by atoms with Crippen LogP contribution in [0.5, 0.6) is 0 Å². The van der Waals surface area contributed by atoms with Gasteiger partial charge >= 0.3 is 0 Å². The van der Waals surface area contributed by atoms with E-state index in [0.717, 1.165) is 18.8 Å². The Labute approximate surface area is 136 Å². The highest BCUT2D eigenvalue weighted by molar-refractivity contribution is 5.34. The first kappa shape index (κ1) is 21.1. The van der Waals surface area contributed by atoms with E-state index in [9.17, 15) is 8.78 Å². The van der Waals surface area contributed by atoms with Gasteiger partial charge in [-0.3, -0.25) is 0 Å². The topological polar surface area (TPSA) is 0 Å². The second kappa shape index (κ2) is 9.97. The summed E-state index contributed by atoms with van der Waals surface area (Å²) in [5, 5.41) is 0. The molecule has 0 heterocycles. The molecule has 3 unspecified atom stereocenters.